The fourth-order valence-corrected chi connectivity index (χ4v) is 2.29. The Morgan fingerprint density at radius 3 is 1.60 bits per heavy atom. The molecule has 25 heavy (non-hydrogen) atoms. The van der Waals surface area contributed by atoms with Crippen molar-refractivity contribution in [2.75, 3.05) is 0 Å². The van der Waals surface area contributed by atoms with Crippen LogP contribution in [0.15, 0.2) is 102 Å². The van der Waals surface area contributed by atoms with Gasteiger partial charge in [0.2, 0.25) is 0 Å². The molecular weight excluding hydrogens is 309 g/mol. The Bertz CT molecular complexity index is 825. The molecular formula is C23H18FN. The van der Waals surface area contributed by atoms with E-state index in [9.17, 15) is 4.39 Å². The Kier molecular flexibility index (Phi) is 5.68. The average molecular weight is 327 g/mol. The summed E-state index contributed by atoms with van der Waals surface area (Å²) in [6.07, 6.45) is 7.94. The Morgan fingerprint density at radius 1 is 0.640 bits per heavy atom. The number of allylic oxidation sites excluding steroid dienone is 2. The molecule has 0 saturated heterocycles. The predicted octanol–water partition coefficient (Wildman–Crippen LogP) is 6.33. The first-order chi connectivity index (χ1) is 12.3. The SMILES string of the molecule is Fc1ccc(N=C(/C=C/c2ccccc2)/C=C/c2ccccc2)cc1. The van der Waals surface area contributed by atoms with E-state index in [-0.39, 0.29) is 5.82 Å². The van der Waals surface area contributed by atoms with Gasteiger partial charge in [0.15, 0.2) is 0 Å². The molecule has 0 aromatic heterocycles. The molecule has 0 aliphatic heterocycles. The Morgan fingerprint density at radius 2 is 1.12 bits per heavy atom. The largest absolute Gasteiger partial charge is 0.249 e. The van der Waals surface area contributed by atoms with Crippen molar-refractivity contribution in [1.82, 2.24) is 0 Å². The summed E-state index contributed by atoms with van der Waals surface area (Å²) in [4.78, 5) is 4.61. The van der Waals surface area contributed by atoms with Crippen molar-refractivity contribution in [1.29, 1.82) is 0 Å². The number of hydrogen-bond donors (Lipinski definition) is 0. The molecule has 0 spiro atoms. The highest BCUT2D eigenvalue weighted by Gasteiger charge is 1.95. The summed E-state index contributed by atoms with van der Waals surface area (Å²) < 4.78 is 13.1. The van der Waals surface area contributed by atoms with Gasteiger partial charge >= 0.3 is 0 Å². The van der Waals surface area contributed by atoms with Crippen LogP contribution < -0.4 is 0 Å². The van der Waals surface area contributed by atoms with Crippen molar-refractivity contribution in [3.05, 3.63) is 114 Å². The van der Waals surface area contributed by atoms with Gasteiger partial charge in [0.25, 0.3) is 0 Å². The summed E-state index contributed by atoms with van der Waals surface area (Å²) in [7, 11) is 0. The fraction of sp³-hybridized carbons (Fsp3) is 0. The van der Waals surface area contributed by atoms with Crippen LogP contribution in [0, 0.1) is 5.82 Å². The lowest BCUT2D eigenvalue weighted by Gasteiger charge is -1.98. The van der Waals surface area contributed by atoms with Crippen LogP contribution in [0.1, 0.15) is 11.1 Å². The van der Waals surface area contributed by atoms with E-state index < -0.39 is 0 Å². The lowest BCUT2D eigenvalue weighted by Crippen LogP contribution is -1.87. The zero-order valence-corrected chi connectivity index (χ0v) is 13.7. The van der Waals surface area contributed by atoms with Crippen molar-refractivity contribution < 1.29 is 4.39 Å². The molecule has 0 bridgehead atoms. The van der Waals surface area contributed by atoms with Crippen LogP contribution in [0.25, 0.3) is 12.2 Å². The predicted molar refractivity (Wildman–Crippen MR) is 104 cm³/mol. The van der Waals surface area contributed by atoms with Gasteiger partial charge in [-0.05, 0) is 47.5 Å². The minimum Gasteiger partial charge on any atom is -0.249 e. The third kappa shape index (κ3) is 5.40. The normalized spacial score (nSPS) is 11.1. The second-order valence-electron chi connectivity index (χ2n) is 5.50. The van der Waals surface area contributed by atoms with Crippen molar-refractivity contribution in [2.24, 2.45) is 4.99 Å². The first-order valence-corrected chi connectivity index (χ1v) is 8.10. The van der Waals surface area contributed by atoms with E-state index in [1.807, 2.05) is 85.0 Å². The smallest absolute Gasteiger partial charge is 0.123 e. The lowest BCUT2D eigenvalue weighted by molar-refractivity contribution is 0.628. The minimum absolute atomic E-state index is 0.264. The van der Waals surface area contributed by atoms with Gasteiger partial charge in [-0.15, -0.1) is 0 Å². The van der Waals surface area contributed by atoms with Gasteiger partial charge in [-0.25, -0.2) is 9.38 Å². The quantitative estimate of drug-likeness (QED) is 0.486. The third-order valence-electron chi connectivity index (χ3n) is 3.58. The molecule has 0 fully saturated rings. The zero-order valence-electron chi connectivity index (χ0n) is 13.7. The molecule has 0 atom stereocenters. The summed E-state index contributed by atoms with van der Waals surface area (Å²) in [5.41, 5.74) is 3.70. The topological polar surface area (TPSA) is 12.4 Å². The number of aliphatic imine (C=N–C) groups is 1. The molecule has 122 valence electrons. The van der Waals surface area contributed by atoms with Gasteiger partial charge in [0.1, 0.15) is 5.82 Å². The zero-order chi connectivity index (χ0) is 17.3. The molecule has 0 unspecified atom stereocenters. The molecule has 3 rings (SSSR count). The van der Waals surface area contributed by atoms with E-state index >= 15 is 0 Å². The summed E-state index contributed by atoms with van der Waals surface area (Å²) in [5, 5.41) is 0. The van der Waals surface area contributed by atoms with E-state index in [4.69, 9.17) is 0 Å². The number of rotatable bonds is 5. The number of halogens is 1. The molecule has 1 nitrogen and oxygen atoms in total. The maximum atomic E-state index is 13.1. The summed E-state index contributed by atoms with van der Waals surface area (Å²) in [5.74, 6) is -0.264. The van der Waals surface area contributed by atoms with Crippen molar-refractivity contribution in [3.63, 3.8) is 0 Å². The van der Waals surface area contributed by atoms with Gasteiger partial charge in [-0.2, -0.15) is 0 Å². The van der Waals surface area contributed by atoms with E-state index in [1.165, 1.54) is 12.1 Å². The molecule has 0 saturated carbocycles. The standard InChI is InChI=1S/C23H18FN/c24-21-13-17-23(18-14-21)25-22(15-11-19-7-3-1-4-8-19)16-12-20-9-5-2-6-10-20/h1-18H/b15-11+,16-12+. The summed E-state index contributed by atoms with van der Waals surface area (Å²) in [6, 6.07) is 26.3. The first-order valence-electron chi connectivity index (χ1n) is 8.10. The maximum absolute atomic E-state index is 13.1. The van der Waals surface area contributed by atoms with Gasteiger partial charge in [-0.3, -0.25) is 0 Å². The van der Waals surface area contributed by atoms with Crippen LogP contribution in [-0.2, 0) is 0 Å². The summed E-state index contributed by atoms with van der Waals surface area (Å²) in [6.45, 7) is 0. The van der Waals surface area contributed by atoms with E-state index in [2.05, 4.69) is 4.99 Å². The molecule has 0 amide bonds. The van der Waals surface area contributed by atoms with Gasteiger partial charge in [0.05, 0.1) is 11.4 Å². The highest BCUT2D eigenvalue weighted by molar-refractivity contribution is 6.09. The van der Waals surface area contributed by atoms with Crippen LogP contribution in [0.4, 0.5) is 10.1 Å². The third-order valence-corrected chi connectivity index (χ3v) is 3.58. The second kappa shape index (κ2) is 8.55. The number of nitrogens with zero attached hydrogens (tertiary/aromatic N) is 1. The Balaban J connectivity index is 1.89. The van der Waals surface area contributed by atoms with Crippen LogP contribution >= 0.6 is 0 Å². The van der Waals surface area contributed by atoms with Gasteiger partial charge < -0.3 is 0 Å². The highest BCUT2D eigenvalue weighted by atomic mass is 19.1. The Labute approximate surface area is 147 Å². The number of hydrogen-bond acceptors (Lipinski definition) is 1. The highest BCUT2D eigenvalue weighted by Crippen LogP contribution is 2.14. The Hall–Kier alpha value is -3.26. The molecule has 3 aromatic rings. The molecule has 0 N–H and O–H groups in total. The molecule has 3 aromatic carbocycles. The monoisotopic (exact) mass is 327 g/mol. The maximum Gasteiger partial charge on any atom is 0.123 e. The van der Waals surface area contributed by atoms with Crippen molar-refractivity contribution in [3.8, 4) is 0 Å². The average Bonchev–Trinajstić information content (AvgIpc) is 2.67. The van der Waals surface area contributed by atoms with E-state index in [1.54, 1.807) is 12.1 Å². The fourth-order valence-electron chi connectivity index (χ4n) is 2.29. The van der Waals surface area contributed by atoms with Gasteiger partial charge in [-0.1, -0.05) is 72.8 Å². The lowest BCUT2D eigenvalue weighted by atomic mass is 10.1. The molecule has 0 heterocycles. The van der Waals surface area contributed by atoms with Crippen LogP contribution in [-0.4, -0.2) is 5.71 Å². The van der Waals surface area contributed by atoms with Crippen molar-refractivity contribution in [2.45, 2.75) is 0 Å². The molecule has 2 heteroatoms. The van der Waals surface area contributed by atoms with E-state index in [0.29, 0.717) is 5.69 Å². The van der Waals surface area contributed by atoms with Crippen molar-refractivity contribution >= 4 is 23.6 Å². The van der Waals surface area contributed by atoms with Crippen LogP contribution in [0.5, 0.6) is 0 Å². The van der Waals surface area contributed by atoms with Gasteiger partial charge in [0, 0.05) is 0 Å². The van der Waals surface area contributed by atoms with Crippen LogP contribution in [0.2, 0.25) is 0 Å². The number of benzene rings is 3. The molecule has 0 aliphatic rings. The van der Waals surface area contributed by atoms with Crippen LogP contribution in [0.3, 0.4) is 0 Å². The first kappa shape index (κ1) is 16.6. The summed E-state index contributed by atoms with van der Waals surface area (Å²) >= 11 is 0. The second-order valence-corrected chi connectivity index (χ2v) is 5.50. The van der Waals surface area contributed by atoms with E-state index in [0.717, 1.165) is 16.8 Å². The minimum atomic E-state index is -0.264. The molecule has 0 aliphatic carbocycles. The molecule has 0 radical (unpaired) electrons.